The normalized spacial score (nSPS) is 35.9. The van der Waals surface area contributed by atoms with E-state index < -0.39 is 0 Å². The predicted molar refractivity (Wildman–Crippen MR) is 73.8 cm³/mol. The molecule has 1 saturated heterocycles. The van der Waals surface area contributed by atoms with Crippen molar-refractivity contribution in [2.24, 2.45) is 17.1 Å². The molecule has 1 saturated carbocycles. The lowest BCUT2D eigenvalue weighted by Gasteiger charge is -2.62. The highest BCUT2D eigenvalue weighted by Gasteiger charge is 2.67. The topological polar surface area (TPSA) is 60.4 Å². The summed E-state index contributed by atoms with van der Waals surface area (Å²) in [5.74, 6) is 1.53. The van der Waals surface area contributed by atoms with E-state index in [1.54, 1.807) is 6.26 Å². The minimum absolute atomic E-state index is 0.0614. The molecule has 4 nitrogen and oxygen atoms in total. The first-order chi connectivity index (χ1) is 9.06. The SMILES string of the molecule is CC1(C)C2OCCC2C1(N)CNCCc1ccco1. The number of nitrogens with one attached hydrogen (secondary N) is 1. The van der Waals surface area contributed by atoms with Crippen LogP contribution in [0.5, 0.6) is 0 Å². The maximum atomic E-state index is 6.66. The van der Waals surface area contributed by atoms with Gasteiger partial charge in [-0.3, -0.25) is 0 Å². The van der Waals surface area contributed by atoms with Gasteiger partial charge in [0.25, 0.3) is 0 Å². The summed E-state index contributed by atoms with van der Waals surface area (Å²) in [6, 6.07) is 3.93. The summed E-state index contributed by atoms with van der Waals surface area (Å²) >= 11 is 0. The Labute approximate surface area is 114 Å². The smallest absolute Gasteiger partial charge is 0.105 e. The molecule has 106 valence electrons. The molecule has 3 rings (SSSR count). The highest BCUT2D eigenvalue weighted by atomic mass is 16.5. The molecule has 1 aromatic rings. The van der Waals surface area contributed by atoms with Gasteiger partial charge >= 0.3 is 0 Å². The van der Waals surface area contributed by atoms with Gasteiger partial charge in [0, 0.05) is 43.0 Å². The van der Waals surface area contributed by atoms with Gasteiger partial charge in [-0.1, -0.05) is 13.8 Å². The van der Waals surface area contributed by atoms with E-state index in [1.807, 2.05) is 12.1 Å². The van der Waals surface area contributed by atoms with Crippen LogP contribution in [-0.2, 0) is 11.2 Å². The zero-order chi connectivity index (χ0) is 13.5. The van der Waals surface area contributed by atoms with Gasteiger partial charge in [-0.25, -0.2) is 0 Å². The maximum absolute atomic E-state index is 6.66. The molecule has 0 radical (unpaired) electrons. The van der Waals surface area contributed by atoms with Gasteiger partial charge in [-0.05, 0) is 18.6 Å². The summed E-state index contributed by atoms with van der Waals surface area (Å²) in [5, 5.41) is 3.49. The molecule has 3 N–H and O–H groups in total. The molecule has 19 heavy (non-hydrogen) atoms. The Bertz CT molecular complexity index is 429. The molecule has 1 aliphatic heterocycles. The third-order valence-corrected chi connectivity index (χ3v) is 5.21. The second-order valence-corrected chi connectivity index (χ2v) is 6.45. The number of rotatable bonds is 5. The highest BCUT2D eigenvalue weighted by Crippen LogP contribution is 2.57. The number of hydrogen-bond acceptors (Lipinski definition) is 4. The Hall–Kier alpha value is -0.840. The molecular weight excluding hydrogens is 240 g/mol. The van der Waals surface area contributed by atoms with Crippen molar-refractivity contribution in [1.82, 2.24) is 5.32 Å². The average Bonchev–Trinajstić information content (AvgIpc) is 3.04. The summed E-state index contributed by atoms with van der Waals surface area (Å²) in [7, 11) is 0. The van der Waals surface area contributed by atoms with E-state index in [0.717, 1.165) is 38.3 Å². The van der Waals surface area contributed by atoms with E-state index in [-0.39, 0.29) is 11.0 Å². The summed E-state index contributed by atoms with van der Waals surface area (Å²) in [6.07, 6.45) is 4.08. The highest BCUT2D eigenvalue weighted by molar-refractivity contribution is 5.21. The Morgan fingerprint density at radius 3 is 3.05 bits per heavy atom. The van der Waals surface area contributed by atoms with Gasteiger partial charge in [0.05, 0.1) is 12.4 Å². The molecule has 0 spiro atoms. The molecule has 2 fully saturated rings. The average molecular weight is 264 g/mol. The van der Waals surface area contributed by atoms with Gasteiger partial charge in [0.15, 0.2) is 0 Å². The van der Waals surface area contributed by atoms with Crippen molar-refractivity contribution in [2.75, 3.05) is 19.7 Å². The van der Waals surface area contributed by atoms with Gasteiger partial charge in [-0.15, -0.1) is 0 Å². The van der Waals surface area contributed by atoms with Crippen molar-refractivity contribution in [1.29, 1.82) is 0 Å². The van der Waals surface area contributed by atoms with E-state index >= 15 is 0 Å². The number of furan rings is 1. The van der Waals surface area contributed by atoms with Crippen LogP contribution >= 0.6 is 0 Å². The number of ether oxygens (including phenoxy) is 1. The van der Waals surface area contributed by atoms with Gasteiger partial charge in [0.1, 0.15) is 5.76 Å². The molecule has 1 aliphatic carbocycles. The monoisotopic (exact) mass is 264 g/mol. The first-order valence-corrected chi connectivity index (χ1v) is 7.19. The summed E-state index contributed by atoms with van der Waals surface area (Å²) in [4.78, 5) is 0. The fraction of sp³-hybridized carbons (Fsp3) is 0.733. The van der Waals surface area contributed by atoms with Crippen LogP contribution in [0.2, 0.25) is 0 Å². The molecule has 2 aliphatic rings. The summed E-state index contributed by atoms with van der Waals surface area (Å²) < 4.78 is 11.1. The van der Waals surface area contributed by atoms with E-state index in [1.165, 1.54) is 0 Å². The predicted octanol–water partition coefficient (Wildman–Crippen LogP) is 1.55. The van der Waals surface area contributed by atoms with Crippen molar-refractivity contribution in [3.8, 4) is 0 Å². The van der Waals surface area contributed by atoms with Gasteiger partial charge in [0.2, 0.25) is 0 Å². The fourth-order valence-corrected chi connectivity index (χ4v) is 3.80. The Balaban J connectivity index is 1.51. The van der Waals surface area contributed by atoms with Crippen LogP contribution in [0, 0.1) is 11.3 Å². The van der Waals surface area contributed by atoms with Crippen molar-refractivity contribution < 1.29 is 9.15 Å². The quantitative estimate of drug-likeness (QED) is 0.792. The Kier molecular flexibility index (Phi) is 3.20. The molecule has 0 bridgehead atoms. The molecule has 3 unspecified atom stereocenters. The van der Waals surface area contributed by atoms with Crippen molar-refractivity contribution in [2.45, 2.75) is 38.3 Å². The standard InChI is InChI=1S/C15H24N2O2/c1-14(2)13-12(6-9-19-13)15(14,16)10-17-7-5-11-4-3-8-18-11/h3-4,8,12-13,17H,5-7,9-10,16H2,1-2H3. The largest absolute Gasteiger partial charge is 0.469 e. The molecule has 1 aromatic heterocycles. The van der Waals surface area contributed by atoms with Gasteiger partial charge < -0.3 is 20.2 Å². The second kappa shape index (κ2) is 4.62. The van der Waals surface area contributed by atoms with Crippen LogP contribution in [0.3, 0.4) is 0 Å². The zero-order valence-corrected chi connectivity index (χ0v) is 11.8. The molecule has 4 heteroatoms. The fourth-order valence-electron chi connectivity index (χ4n) is 3.80. The lowest BCUT2D eigenvalue weighted by Crippen LogP contribution is -2.78. The Morgan fingerprint density at radius 1 is 1.47 bits per heavy atom. The molecule has 0 amide bonds. The van der Waals surface area contributed by atoms with Crippen molar-refractivity contribution in [3.63, 3.8) is 0 Å². The molecular formula is C15H24N2O2. The van der Waals surface area contributed by atoms with E-state index in [4.69, 9.17) is 14.9 Å². The zero-order valence-electron chi connectivity index (χ0n) is 11.8. The second-order valence-electron chi connectivity index (χ2n) is 6.45. The molecule has 0 aromatic carbocycles. The van der Waals surface area contributed by atoms with Gasteiger partial charge in [-0.2, -0.15) is 0 Å². The number of hydrogen-bond donors (Lipinski definition) is 2. The first-order valence-electron chi connectivity index (χ1n) is 7.19. The van der Waals surface area contributed by atoms with Crippen LogP contribution in [0.25, 0.3) is 0 Å². The van der Waals surface area contributed by atoms with Crippen molar-refractivity contribution >= 4 is 0 Å². The van der Waals surface area contributed by atoms with Crippen LogP contribution < -0.4 is 11.1 Å². The summed E-state index contributed by atoms with van der Waals surface area (Å²) in [6.45, 7) is 7.08. The van der Waals surface area contributed by atoms with Crippen LogP contribution in [0.4, 0.5) is 0 Å². The van der Waals surface area contributed by atoms with Crippen LogP contribution in [0.15, 0.2) is 22.8 Å². The third-order valence-electron chi connectivity index (χ3n) is 5.21. The van der Waals surface area contributed by atoms with Crippen LogP contribution in [0.1, 0.15) is 26.0 Å². The number of nitrogens with two attached hydrogens (primary N) is 1. The van der Waals surface area contributed by atoms with E-state index in [9.17, 15) is 0 Å². The minimum Gasteiger partial charge on any atom is -0.469 e. The van der Waals surface area contributed by atoms with Crippen molar-refractivity contribution in [3.05, 3.63) is 24.2 Å². The first kappa shape index (κ1) is 13.2. The third kappa shape index (κ3) is 1.93. The Morgan fingerprint density at radius 2 is 2.32 bits per heavy atom. The van der Waals surface area contributed by atoms with E-state index in [0.29, 0.717) is 12.0 Å². The van der Waals surface area contributed by atoms with Crippen LogP contribution in [-0.4, -0.2) is 31.3 Å². The molecule has 2 heterocycles. The maximum Gasteiger partial charge on any atom is 0.105 e. The lowest BCUT2D eigenvalue weighted by atomic mass is 9.48. The van der Waals surface area contributed by atoms with E-state index in [2.05, 4.69) is 19.2 Å². The minimum atomic E-state index is -0.142. The summed E-state index contributed by atoms with van der Waals surface area (Å²) in [5.41, 5.74) is 6.58. The lowest BCUT2D eigenvalue weighted by molar-refractivity contribution is -0.153. The molecule has 3 atom stereocenters. The number of fused-ring (bicyclic) bond motifs is 1.